The molecule has 5 aromatic rings. The molecule has 0 amide bonds. The zero-order valence-electron chi connectivity index (χ0n) is 18.7. The zero-order chi connectivity index (χ0) is 23.8. The smallest absolute Gasteiger partial charge is 0.262 e. The number of aromatic nitrogens is 5. The minimum atomic E-state index is -0.168. The number of rotatable bonds is 6. The highest BCUT2D eigenvalue weighted by Gasteiger charge is 2.20. The van der Waals surface area contributed by atoms with Crippen molar-refractivity contribution in [2.75, 3.05) is 6.79 Å². The molecular weight excluding hydrogens is 466 g/mol. The Labute approximate surface area is 203 Å². The average molecular weight is 486 g/mol. The van der Waals surface area contributed by atoms with Gasteiger partial charge in [0.15, 0.2) is 16.7 Å². The molecule has 1 aliphatic heterocycles. The van der Waals surface area contributed by atoms with Gasteiger partial charge in [-0.25, -0.2) is 4.98 Å². The van der Waals surface area contributed by atoms with Gasteiger partial charge in [0.2, 0.25) is 18.5 Å². The fraction of sp³-hybridized carbons (Fsp3) is 0.160. The van der Waals surface area contributed by atoms with Gasteiger partial charge in [0, 0.05) is 24.0 Å². The molecule has 2 aromatic carbocycles. The molecule has 174 valence electrons. The van der Waals surface area contributed by atoms with Crippen molar-refractivity contribution in [1.29, 1.82) is 0 Å². The quantitative estimate of drug-likeness (QED) is 0.258. The molecule has 0 spiro atoms. The van der Waals surface area contributed by atoms with Crippen LogP contribution in [-0.2, 0) is 12.3 Å². The molecule has 4 heterocycles. The monoisotopic (exact) mass is 485 g/mol. The standard InChI is InChI=1S/C25H19N5O4S/c1-15-2-4-17(5-3-15)23-28-22(34-29-23)13-35-25-27-19-11-21-20(32-14-33-21)10-18(19)24(31)30(25)12-16-6-8-26-9-7-16/h2-11H,12-14H2,1H3. The van der Waals surface area contributed by atoms with Crippen molar-refractivity contribution < 1.29 is 14.0 Å². The summed E-state index contributed by atoms with van der Waals surface area (Å²) < 4.78 is 18.0. The summed E-state index contributed by atoms with van der Waals surface area (Å²) in [5, 5.41) is 5.10. The van der Waals surface area contributed by atoms with Gasteiger partial charge < -0.3 is 14.0 Å². The van der Waals surface area contributed by atoms with Crippen LogP contribution in [0.5, 0.6) is 11.5 Å². The van der Waals surface area contributed by atoms with Gasteiger partial charge in [0.25, 0.3) is 5.56 Å². The van der Waals surface area contributed by atoms with Gasteiger partial charge in [-0.05, 0) is 30.7 Å². The molecule has 0 bridgehead atoms. The number of nitrogens with zero attached hydrogens (tertiary/aromatic N) is 5. The van der Waals surface area contributed by atoms with Crippen molar-refractivity contribution in [3.63, 3.8) is 0 Å². The fourth-order valence-electron chi connectivity index (χ4n) is 3.77. The third kappa shape index (κ3) is 4.24. The Hall–Kier alpha value is -4.18. The lowest BCUT2D eigenvalue weighted by atomic mass is 10.1. The first-order valence-electron chi connectivity index (χ1n) is 10.9. The highest BCUT2D eigenvalue weighted by Crippen LogP contribution is 2.35. The van der Waals surface area contributed by atoms with E-state index in [-0.39, 0.29) is 12.4 Å². The van der Waals surface area contributed by atoms with E-state index >= 15 is 0 Å². The summed E-state index contributed by atoms with van der Waals surface area (Å²) in [6.45, 7) is 2.50. The Morgan fingerprint density at radius 2 is 1.77 bits per heavy atom. The van der Waals surface area contributed by atoms with Gasteiger partial charge in [0.1, 0.15) is 0 Å². The predicted octanol–water partition coefficient (Wildman–Crippen LogP) is 4.22. The van der Waals surface area contributed by atoms with Crippen LogP contribution >= 0.6 is 11.8 Å². The Morgan fingerprint density at radius 1 is 1.00 bits per heavy atom. The molecule has 9 nitrogen and oxygen atoms in total. The first kappa shape index (κ1) is 21.4. The fourth-order valence-corrected chi connectivity index (χ4v) is 4.61. The topological polar surface area (TPSA) is 105 Å². The van der Waals surface area contributed by atoms with E-state index in [0.29, 0.717) is 51.6 Å². The Bertz CT molecular complexity index is 1580. The second kappa shape index (κ2) is 8.88. The highest BCUT2D eigenvalue weighted by molar-refractivity contribution is 7.98. The maximum Gasteiger partial charge on any atom is 0.262 e. The minimum absolute atomic E-state index is 0.124. The zero-order valence-corrected chi connectivity index (χ0v) is 19.5. The summed E-state index contributed by atoms with van der Waals surface area (Å²) in [6, 6.07) is 15.1. The second-order valence-electron chi connectivity index (χ2n) is 8.03. The lowest BCUT2D eigenvalue weighted by molar-refractivity contribution is 0.174. The number of aryl methyl sites for hydroxylation is 1. The lowest BCUT2D eigenvalue weighted by Crippen LogP contribution is -2.24. The summed E-state index contributed by atoms with van der Waals surface area (Å²) in [5.41, 5.74) is 3.35. The molecule has 0 unspecified atom stereocenters. The summed E-state index contributed by atoms with van der Waals surface area (Å²) in [5.74, 6) is 2.45. The number of fused-ring (bicyclic) bond motifs is 2. The van der Waals surface area contributed by atoms with Crippen LogP contribution < -0.4 is 15.0 Å². The second-order valence-corrected chi connectivity index (χ2v) is 8.97. The summed E-state index contributed by atoms with van der Waals surface area (Å²) in [4.78, 5) is 26.9. The van der Waals surface area contributed by atoms with Crippen molar-refractivity contribution in [3.8, 4) is 22.9 Å². The summed E-state index contributed by atoms with van der Waals surface area (Å²) >= 11 is 1.36. The molecule has 6 rings (SSSR count). The van der Waals surface area contributed by atoms with Crippen LogP contribution in [0.4, 0.5) is 0 Å². The largest absolute Gasteiger partial charge is 0.454 e. The summed E-state index contributed by atoms with van der Waals surface area (Å²) in [6.07, 6.45) is 3.40. The molecule has 10 heteroatoms. The molecule has 0 N–H and O–H groups in total. The van der Waals surface area contributed by atoms with Gasteiger partial charge in [0.05, 0.1) is 23.2 Å². The maximum atomic E-state index is 13.5. The van der Waals surface area contributed by atoms with E-state index in [1.165, 1.54) is 11.8 Å². The van der Waals surface area contributed by atoms with Crippen molar-refractivity contribution in [2.24, 2.45) is 0 Å². The van der Waals surface area contributed by atoms with E-state index in [4.69, 9.17) is 19.0 Å². The third-order valence-electron chi connectivity index (χ3n) is 5.61. The van der Waals surface area contributed by atoms with Gasteiger partial charge in [-0.15, -0.1) is 0 Å². The normalized spacial score (nSPS) is 12.4. The molecule has 0 aliphatic carbocycles. The highest BCUT2D eigenvalue weighted by atomic mass is 32.2. The van der Waals surface area contributed by atoms with E-state index in [0.717, 1.165) is 16.7 Å². The van der Waals surface area contributed by atoms with E-state index in [2.05, 4.69) is 15.1 Å². The minimum Gasteiger partial charge on any atom is -0.454 e. The number of ether oxygens (including phenoxy) is 2. The molecule has 0 radical (unpaired) electrons. The van der Waals surface area contributed by atoms with E-state index in [1.807, 2.05) is 43.3 Å². The van der Waals surface area contributed by atoms with Crippen molar-refractivity contribution in [1.82, 2.24) is 24.7 Å². The van der Waals surface area contributed by atoms with Crippen molar-refractivity contribution in [3.05, 3.63) is 88.3 Å². The lowest BCUT2D eigenvalue weighted by Gasteiger charge is -2.13. The number of pyridine rings is 1. The molecule has 1 aliphatic rings. The van der Waals surface area contributed by atoms with E-state index in [9.17, 15) is 4.79 Å². The van der Waals surface area contributed by atoms with Crippen LogP contribution in [0.2, 0.25) is 0 Å². The summed E-state index contributed by atoms with van der Waals surface area (Å²) in [7, 11) is 0. The average Bonchev–Trinajstić information content (AvgIpc) is 3.54. The van der Waals surface area contributed by atoms with Gasteiger partial charge >= 0.3 is 0 Å². The SMILES string of the molecule is Cc1ccc(-c2noc(CSc3nc4cc5c(cc4c(=O)n3Cc3ccncc3)OCO5)n2)cc1. The molecule has 35 heavy (non-hydrogen) atoms. The predicted molar refractivity (Wildman–Crippen MR) is 129 cm³/mol. The van der Waals surface area contributed by atoms with E-state index in [1.54, 1.807) is 29.1 Å². The van der Waals surface area contributed by atoms with Crippen LogP contribution in [-0.4, -0.2) is 31.5 Å². The number of hydrogen-bond acceptors (Lipinski definition) is 9. The van der Waals surface area contributed by atoms with Crippen LogP contribution in [0.1, 0.15) is 17.0 Å². The van der Waals surface area contributed by atoms with Gasteiger partial charge in [-0.2, -0.15) is 4.98 Å². The van der Waals surface area contributed by atoms with Crippen molar-refractivity contribution >= 4 is 22.7 Å². The molecule has 0 atom stereocenters. The van der Waals surface area contributed by atoms with Crippen LogP contribution in [0.3, 0.4) is 0 Å². The van der Waals surface area contributed by atoms with E-state index < -0.39 is 0 Å². The van der Waals surface area contributed by atoms with Gasteiger partial charge in [-0.3, -0.25) is 14.3 Å². The van der Waals surface area contributed by atoms with Crippen LogP contribution in [0.25, 0.3) is 22.3 Å². The molecule has 0 saturated heterocycles. The maximum absolute atomic E-state index is 13.5. The number of thioether (sulfide) groups is 1. The van der Waals surface area contributed by atoms with Crippen LogP contribution in [0.15, 0.2) is 75.4 Å². The number of benzene rings is 2. The molecule has 0 saturated carbocycles. The first-order valence-corrected chi connectivity index (χ1v) is 11.9. The van der Waals surface area contributed by atoms with Crippen molar-refractivity contribution in [2.45, 2.75) is 24.4 Å². The Balaban J connectivity index is 1.35. The molecular formula is C25H19N5O4S. The molecule has 3 aromatic heterocycles. The Kier molecular flexibility index (Phi) is 5.42. The first-order chi connectivity index (χ1) is 17.1. The Morgan fingerprint density at radius 3 is 2.57 bits per heavy atom. The van der Waals surface area contributed by atoms with Crippen LogP contribution in [0, 0.1) is 6.92 Å². The molecule has 0 fully saturated rings. The van der Waals surface area contributed by atoms with Gasteiger partial charge in [-0.1, -0.05) is 46.7 Å². The number of hydrogen-bond donors (Lipinski definition) is 0. The third-order valence-corrected chi connectivity index (χ3v) is 6.57.